The maximum atomic E-state index is 12.2. The lowest BCUT2D eigenvalue weighted by Crippen LogP contribution is -2.23. The number of carbonyl (C=O) groups is 1. The van der Waals surface area contributed by atoms with Gasteiger partial charge in [0.05, 0.1) is 27.5 Å². The first-order valence-electron chi connectivity index (χ1n) is 7.41. The van der Waals surface area contributed by atoms with Crippen molar-refractivity contribution in [2.75, 3.05) is 16.8 Å². The molecule has 24 heavy (non-hydrogen) atoms. The minimum atomic E-state index is -3.08. The molecular weight excluding hydrogens is 369 g/mol. The Bertz CT molecular complexity index is 896. The van der Waals surface area contributed by atoms with Crippen LogP contribution >= 0.6 is 23.2 Å². The Morgan fingerprint density at radius 3 is 2.46 bits per heavy atom. The van der Waals surface area contributed by atoms with Gasteiger partial charge in [-0.05, 0) is 41.8 Å². The van der Waals surface area contributed by atoms with E-state index >= 15 is 0 Å². The van der Waals surface area contributed by atoms with E-state index in [1.807, 2.05) is 24.3 Å². The molecule has 3 rings (SSSR count). The van der Waals surface area contributed by atoms with E-state index in [9.17, 15) is 13.2 Å². The van der Waals surface area contributed by atoms with Crippen molar-refractivity contribution in [3.05, 3.63) is 52.5 Å². The summed E-state index contributed by atoms with van der Waals surface area (Å²) in [5.41, 5.74) is 2.38. The number of halogens is 2. The first-order valence-corrected chi connectivity index (χ1v) is 9.98. The van der Waals surface area contributed by atoms with Crippen LogP contribution in [0.25, 0.3) is 11.1 Å². The van der Waals surface area contributed by atoms with Gasteiger partial charge in [0.15, 0.2) is 9.84 Å². The number of carbonyl (C=O) groups excluding carboxylic acids is 1. The summed E-state index contributed by atoms with van der Waals surface area (Å²) >= 11 is 12.0. The summed E-state index contributed by atoms with van der Waals surface area (Å²) in [5.74, 6) is -0.745. The average Bonchev–Trinajstić information content (AvgIpc) is 2.90. The number of sulfone groups is 1. The van der Waals surface area contributed by atoms with E-state index < -0.39 is 15.8 Å². The summed E-state index contributed by atoms with van der Waals surface area (Å²) in [5, 5.41) is 3.73. The molecule has 1 heterocycles. The van der Waals surface area contributed by atoms with Crippen molar-refractivity contribution in [3.63, 3.8) is 0 Å². The van der Waals surface area contributed by atoms with Crippen LogP contribution in [-0.2, 0) is 14.6 Å². The van der Waals surface area contributed by atoms with Crippen molar-refractivity contribution in [3.8, 4) is 11.1 Å². The second-order valence-electron chi connectivity index (χ2n) is 5.80. The normalized spacial score (nSPS) is 19.2. The van der Waals surface area contributed by atoms with E-state index in [-0.39, 0.29) is 17.4 Å². The van der Waals surface area contributed by atoms with Crippen LogP contribution in [0.5, 0.6) is 0 Å². The Kier molecular flexibility index (Phi) is 4.85. The van der Waals surface area contributed by atoms with Gasteiger partial charge in [-0.2, -0.15) is 0 Å². The van der Waals surface area contributed by atoms with Crippen molar-refractivity contribution >= 4 is 44.6 Å². The van der Waals surface area contributed by atoms with Crippen molar-refractivity contribution in [2.24, 2.45) is 5.92 Å². The molecule has 126 valence electrons. The highest BCUT2D eigenvalue weighted by Crippen LogP contribution is 2.30. The molecule has 7 heteroatoms. The molecule has 4 nitrogen and oxygen atoms in total. The monoisotopic (exact) mass is 383 g/mol. The molecular formula is C17H15Cl2NO3S. The lowest BCUT2D eigenvalue weighted by Gasteiger charge is -2.11. The largest absolute Gasteiger partial charge is 0.326 e. The molecule has 0 bridgehead atoms. The Balaban J connectivity index is 1.78. The van der Waals surface area contributed by atoms with Gasteiger partial charge in [-0.15, -0.1) is 0 Å². The topological polar surface area (TPSA) is 63.2 Å². The first-order chi connectivity index (χ1) is 11.3. The van der Waals surface area contributed by atoms with E-state index in [0.717, 1.165) is 11.1 Å². The zero-order chi connectivity index (χ0) is 17.3. The standard InChI is InChI=1S/C17H15Cl2NO3S/c18-15-5-4-12(9-16(15)19)11-2-1-3-14(8-11)20-17(21)13-6-7-24(22,23)10-13/h1-5,8-9,13H,6-7,10H2,(H,20,21). The molecule has 1 fully saturated rings. The summed E-state index contributed by atoms with van der Waals surface area (Å²) in [6.07, 6.45) is 0.376. The van der Waals surface area contributed by atoms with Gasteiger partial charge in [-0.25, -0.2) is 8.42 Å². The van der Waals surface area contributed by atoms with Gasteiger partial charge in [0.25, 0.3) is 0 Å². The molecule has 0 spiro atoms. The molecule has 1 saturated heterocycles. The van der Waals surface area contributed by atoms with E-state index in [2.05, 4.69) is 5.32 Å². The maximum Gasteiger partial charge on any atom is 0.228 e. The quantitative estimate of drug-likeness (QED) is 0.869. The van der Waals surface area contributed by atoms with E-state index in [1.165, 1.54) is 0 Å². The number of hydrogen-bond acceptors (Lipinski definition) is 3. The smallest absolute Gasteiger partial charge is 0.228 e. The number of benzene rings is 2. The molecule has 1 aliphatic rings. The van der Waals surface area contributed by atoms with Crippen LogP contribution in [0.1, 0.15) is 6.42 Å². The summed E-state index contributed by atoms with van der Waals surface area (Å²) < 4.78 is 23.0. The molecule has 0 aliphatic carbocycles. The maximum absolute atomic E-state index is 12.2. The van der Waals surface area contributed by atoms with Gasteiger partial charge in [-0.3, -0.25) is 4.79 Å². The number of nitrogens with one attached hydrogen (secondary N) is 1. The van der Waals surface area contributed by atoms with Crippen LogP contribution in [0.4, 0.5) is 5.69 Å². The Labute approximate surface area is 150 Å². The molecule has 1 atom stereocenters. The minimum absolute atomic E-state index is 0.0778. The molecule has 0 aromatic heterocycles. The summed E-state index contributed by atoms with van der Waals surface area (Å²) in [6, 6.07) is 12.6. The van der Waals surface area contributed by atoms with Gasteiger partial charge in [-0.1, -0.05) is 41.4 Å². The SMILES string of the molecule is O=C(Nc1cccc(-c2ccc(Cl)c(Cl)c2)c1)C1CCS(=O)(=O)C1. The van der Waals surface area contributed by atoms with Gasteiger partial charge >= 0.3 is 0 Å². The number of amides is 1. The Morgan fingerprint density at radius 1 is 1.04 bits per heavy atom. The van der Waals surface area contributed by atoms with Gasteiger partial charge < -0.3 is 5.32 Å². The summed E-state index contributed by atoms with van der Waals surface area (Å²) in [7, 11) is -3.08. The fourth-order valence-corrected chi connectivity index (χ4v) is 4.74. The van der Waals surface area contributed by atoms with Crippen molar-refractivity contribution in [1.82, 2.24) is 0 Å². The van der Waals surface area contributed by atoms with Crippen LogP contribution < -0.4 is 5.32 Å². The summed E-state index contributed by atoms with van der Waals surface area (Å²) in [4.78, 5) is 12.2. The van der Waals surface area contributed by atoms with Crippen molar-refractivity contribution in [1.29, 1.82) is 0 Å². The highest BCUT2D eigenvalue weighted by molar-refractivity contribution is 7.91. The number of hydrogen-bond donors (Lipinski definition) is 1. The molecule has 2 aromatic rings. The van der Waals surface area contributed by atoms with Crippen molar-refractivity contribution < 1.29 is 13.2 Å². The number of rotatable bonds is 3. The third-order valence-electron chi connectivity index (χ3n) is 3.99. The van der Waals surface area contributed by atoms with E-state index in [0.29, 0.717) is 22.2 Å². The van der Waals surface area contributed by atoms with E-state index in [1.54, 1.807) is 18.2 Å². The third-order valence-corrected chi connectivity index (χ3v) is 6.49. The fraction of sp³-hybridized carbons (Fsp3) is 0.235. The zero-order valence-corrected chi connectivity index (χ0v) is 15.0. The average molecular weight is 384 g/mol. The molecule has 1 amide bonds. The predicted molar refractivity (Wildman–Crippen MR) is 97.3 cm³/mol. The van der Waals surface area contributed by atoms with Crippen LogP contribution in [0, 0.1) is 5.92 Å². The van der Waals surface area contributed by atoms with Crippen LogP contribution in [0.2, 0.25) is 10.0 Å². The molecule has 0 radical (unpaired) electrons. The zero-order valence-electron chi connectivity index (χ0n) is 12.6. The highest BCUT2D eigenvalue weighted by Gasteiger charge is 2.32. The van der Waals surface area contributed by atoms with Gasteiger partial charge in [0.1, 0.15) is 0 Å². The minimum Gasteiger partial charge on any atom is -0.326 e. The summed E-state index contributed by atoms with van der Waals surface area (Å²) in [6.45, 7) is 0. The molecule has 1 unspecified atom stereocenters. The lowest BCUT2D eigenvalue weighted by molar-refractivity contribution is -0.119. The molecule has 0 saturated carbocycles. The molecule has 2 aromatic carbocycles. The fourth-order valence-electron chi connectivity index (χ4n) is 2.70. The Hall–Kier alpha value is -1.56. The highest BCUT2D eigenvalue weighted by atomic mass is 35.5. The Morgan fingerprint density at radius 2 is 1.79 bits per heavy atom. The first kappa shape index (κ1) is 17.3. The number of anilines is 1. The van der Waals surface area contributed by atoms with E-state index in [4.69, 9.17) is 23.2 Å². The third kappa shape index (κ3) is 3.91. The van der Waals surface area contributed by atoms with Crippen molar-refractivity contribution in [2.45, 2.75) is 6.42 Å². The second-order valence-corrected chi connectivity index (χ2v) is 8.84. The molecule has 1 N–H and O–H groups in total. The predicted octanol–water partition coefficient (Wildman–Crippen LogP) is 4.03. The van der Waals surface area contributed by atoms with Gasteiger partial charge in [0, 0.05) is 5.69 Å². The van der Waals surface area contributed by atoms with Crippen LogP contribution in [-0.4, -0.2) is 25.8 Å². The molecule has 1 aliphatic heterocycles. The van der Waals surface area contributed by atoms with Gasteiger partial charge in [0.2, 0.25) is 5.91 Å². The second kappa shape index (κ2) is 6.75. The lowest BCUT2D eigenvalue weighted by atomic mass is 10.0. The van der Waals surface area contributed by atoms with Crippen LogP contribution in [0.3, 0.4) is 0 Å². The van der Waals surface area contributed by atoms with Crippen LogP contribution in [0.15, 0.2) is 42.5 Å².